The highest BCUT2D eigenvalue weighted by Gasteiger charge is 2.18. The Morgan fingerprint density at radius 3 is 2.65 bits per heavy atom. The molecule has 0 saturated carbocycles. The lowest BCUT2D eigenvalue weighted by Crippen LogP contribution is -2.14. The molecule has 5 heteroatoms. The van der Waals surface area contributed by atoms with Crippen LogP contribution in [0.25, 0.3) is 0 Å². The van der Waals surface area contributed by atoms with Crippen LogP contribution < -0.4 is 4.74 Å². The smallest absolute Gasteiger partial charge is 0.339 e. The molecule has 0 aliphatic heterocycles. The van der Waals surface area contributed by atoms with Crippen LogP contribution in [0.1, 0.15) is 37.0 Å². The summed E-state index contributed by atoms with van der Waals surface area (Å²) in [5, 5.41) is 9.56. The van der Waals surface area contributed by atoms with Gasteiger partial charge in [0.2, 0.25) is 0 Å². The largest absolute Gasteiger partial charge is 0.488 e. The molecule has 1 rings (SSSR count). The number of carboxylic acid groups (broad SMARTS) is 1. The molecule has 0 aliphatic rings. The van der Waals surface area contributed by atoms with Crippen molar-refractivity contribution < 1.29 is 14.6 Å². The molecule has 0 radical (unpaired) electrons. The number of ether oxygens (including phenoxy) is 1. The quantitative estimate of drug-likeness (QED) is 0.874. The van der Waals surface area contributed by atoms with Gasteiger partial charge in [0.1, 0.15) is 5.56 Å². The number of benzene rings is 1. The van der Waals surface area contributed by atoms with Crippen molar-refractivity contribution >= 4 is 29.2 Å². The van der Waals surface area contributed by atoms with E-state index in [-0.39, 0.29) is 27.5 Å². The third-order valence-electron chi connectivity index (χ3n) is 2.25. The lowest BCUT2D eigenvalue weighted by atomic mass is 10.2. The first kappa shape index (κ1) is 14.1. The highest BCUT2D eigenvalue weighted by Crippen LogP contribution is 2.33. The van der Waals surface area contributed by atoms with Gasteiger partial charge in [0.15, 0.2) is 5.75 Å². The monoisotopic (exact) mass is 276 g/mol. The summed E-state index contributed by atoms with van der Waals surface area (Å²) in [6, 6.07) is 2.81. The van der Waals surface area contributed by atoms with Crippen molar-refractivity contribution in [2.24, 2.45) is 0 Å². The number of carbonyl (C=O) groups is 1. The van der Waals surface area contributed by atoms with Crippen LogP contribution in [-0.2, 0) is 0 Å². The lowest BCUT2D eigenvalue weighted by Gasteiger charge is -2.17. The molecule has 0 saturated heterocycles. The predicted octanol–water partition coefficient (Wildman–Crippen LogP) is 4.26. The molecule has 0 aromatic heterocycles. The second kappa shape index (κ2) is 6.12. The van der Waals surface area contributed by atoms with E-state index >= 15 is 0 Å². The molecule has 0 aliphatic carbocycles. The molecule has 0 amide bonds. The number of hydrogen-bond acceptors (Lipinski definition) is 2. The van der Waals surface area contributed by atoms with E-state index in [1.807, 2.05) is 13.8 Å². The van der Waals surface area contributed by atoms with Crippen LogP contribution in [0.3, 0.4) is 0 Å². The van der Waals surface area contributed by atoms with Gasteiger partial charge in [0.05, 0.1) is 11.1 Å². The Balaban J connectivity index is 3.08. The molecule has 0 bridgehead atoms. The van der Waals surface area contributed by atoms with Crippen LogP contribution in [0.2, 0.25) is 10.0 Å². The summed E-state index contributed by atoms with van der Waals surface area (Å²) >= 11 is 11.7. The minimum absolute atomic E-state index is 0.00884. The molecule has 0 heterocycles. The molecule has 94 valence electrons. The first-order valence-corrected chi connectivity index (χ1v) is 6.10. The van der Waals surface area contributed by atoms with E-state index in [1.165, 1.54) is 12.1 Å². The maximum atomic E-state index is 11.1. The Morgan fingerprint density at radius 2 is 2.12 bits per heavy atom. The molecule has 1 aromatic rings. The Labute approximate surface area is 110 Å². The summed E-state index contributed by atoms with van der Waals surface area (Å²) in [6.07, 6.45) is 1.70. The Morgan fingerprint density at radius 1 is 1.47 bits per heavy atom. The third kappa shape index (κ3) is 3.79. The number of carboxylic acids is 1. The number of hydrogen-bond donors (Lipinski definition) is 1. The standard InChI is InChI=1S/C12H14Cl2O3/c1-3-4-7(2)17-11-9(12(15)16)5-8(13)6-10(11)14/h5-7H,3-4H2,1-2H3,(H,15,16). The highest BCUT2D eigenvalue weighted by molar-refractivity contribution is 6.36. The topological polar surface area (TPSA) is 46.5 Å². The summed E-state index contributed by atoms with van der Waals surface area (Å²) in [6.45, 7) is 3.90. The van der Waals surface area contributed by atoms with Crippen LogP contribution >= 0.6 is 23.2 Å². The zero-order valence-electron chi connectivity index (χ0n) is 9.67. The van der Waals surface area contributed by atoms with E-state index in [0.717, 1.165) is 12.8 Å². The van der Waals surface area contributed by atoms with Crippen LogP contribution in [-0.4, -0.2) is 17.2 Å². The van der Waals surface area contributed by atoms with Gasteiger partial charge in [0.25, 0.3) is 0 Å². The summed E-state index contributed by atoms with van der Waals surface area (Å²) < 4.78 is 5.56. The molecule has 0 spiro atoms. The average Bonchev–Trinajstić information content (AvgIpc) is 2.21. The van der Waals surface area contributed by atoms with Crippen molar-refractivity contribution in [3.8, 4) is 5.75 Å². The Hall–Kier alpha value is -0.930. The van der Waals surface area contributed by atoms with Crippen molar-refractivity contribution in [3.63, 3.8) is 0 Å². The van der Waals surface area contributed by atoms with Crippen molar-refractivity contribution in [1.82, 2.24) is 0 Å². The summed E-state index contributed by atoms with van der Waals surface area (Å²) in [4.78, 5) is 11.1. The minimum Gasteiger partial charge on any atom is -0.488 e. The molecule has 3 nitrogen and oxygen atoms in total. The number of aromatic carboxylic acids is 1. The van der Waals surface area contributed by atoms with Gasteiger partial charge in [-0.15, -0.1) is 0 Å². The molecular weight excluding hydrogens is 263 g/mol. The second-order valence-electron chi connectivity index (χ2n) is 3.79. The molecule has 1 unspecified atom stereocenters. The maximum Gasteiger partial charge on any atom is 0.339 e. The van der Waals surface area contributed by atoms with Crippen molar-refractivity contribution in [2.75, 3.05) is 0 Å². The summed E-state index contributed by atoms with van der Waals surface area (Å²) in [5.74, 6) is -0.919. The van der Waals surface area contributed by atoms with E-state index in [9.17, 15) is 4.79 Å². The summed E-state index contributed by atoms with van der Waals surface area (Å²) in [5.41, 5.74) is -0.00884. The first-order chi connectivity index (χ1) is 7.95. The second-order valence-corrected chi connectivity index (χ2v) is 4.63. The van der Waals surface area contributed by atoms with Crippen LogP contribution in [0, 0.1) is 0 Å². The van der Waals surface area contributed by atoms with Crippen LogP contribution in [0.5, 0.6) is 5.75 Å². The Kier molecular flexibility index (Phi) is 5.09. The van der Waals surface area contributed by atoms with Gasteiger partial charge in [-0.1, -0.05) is 36.5 Å². The van der Waals surface area contributed by atoms with Crippen LogP contribution in [0.15, 0.2) is 12.1 Å². The number of rotatable bonds is 5. The van der Waals surface area contributed by atoms with Crippen molar-refractivity contribution in [1.29, 1.82) is 0 Å². The SMILES string of the molecule is CCCC(C)Oc1c(Cl)cc(Cl)cc1C(=O)O. The van der Waals surface area contributed by atoms with Gasteiger partial charge in [-0.25, -0.2) is 4.79 Å². The fourth-order valence-electron chi connectivity index (χ4n) is 1.51. The average molecular weight is 277 g/mol. The van der Waals surface area contributed by atoms with E-state index in [1.54, 1.807) is 0 Å². The molecule has 1 N–H and O–H groups in total. The fourth-order valence-corrected chi connectivity index (χ4v) is 2.04. The molecule has 1 aromatic carbocycles. The molecule has 0 fully saturated rings. The highest BCUT2D eigenvalue weighted by atomic mass is 35.5. The first-order valence-electron chi connectivity index (χ1n) is 5.34. The van der Waals surface area contributed by atoms with Crippen molar-refractivity contribution in [3.05, 3.63) is 27.7 Å². The zero-order valence-corrected chi connectivity index (χ0v) is 11.2. The fraction of sp³-hybridized carbons (Fsp3) is 0.417. The molecule has 17 heavy (non-hydrogen) atoms. The van der Waals surface area contributed by atoms with E-state index < -0.39 is 5.97 Å². The van der Waals surface area contributed by atoms with E-state index in [0.29, 0.717) is 0 Å². The zero-order chi connectivity index (χ0) is 13.0. The molecular formula is C12H14Cl2O3. The van der Waals surface area contributed by atoms with Crippen molar-refractivity contribution in [2.45, 2.75) is 32.8 Å². The maximum absolute atomic E-state index is 11.1. The van der Waals surface area contributed by atoms with Gasteiger partial charge in [0, 0.05) is 5.02 Å². The van der Waals surface area contributed by atoms with E-state index in [4.69, 9.17) is 33.0 Å². The summed E-state index contributed by atoms with van der Waals surface area (Å²) in [7, 11) is 0. The minimum atomic E-state index is -1.10. The van der Waals surface area contributed by atoms with Gasteiger partial charge < -0.3 is 9.84 Å². The number of halogens is 2. The third-order valence-corrected chi connectivity index (χ3v) is 2.75. The van der Waals surface area contributed by atoms with E-state index in [2.05, 4.69) is 0 Å². The predicted molar refractivity (Wildman–Crippen MR) is 68.4 cm³/mol. The van der Waals surface area contributed by atoms with Gasteiger partial charge >= 0.3 is 5.97 Å². The molecule has 1 atom stereocenters. The lowest BCUT2D eigenvalue weighted by molar-refractivity contribution is 0.0689. The van der Waals surface area contributed by atoms with Gasteiger partial charge in [-0.3, -0.25) is 0 Å². The normalized spacial score (nSPS) is 12.2. The van der Waals surface area contributed by atoms with Gasteiger partial charge in [-0.05, 0) is 25.5 Å². The van der Waals surface area contributed by atoms with Gasteiger partial charge in [-0.2, -0.15) is 0 Å². The Bertz CT molecular complexity index is 418. The van der Waals surface area contributed by atoms with Crippen LogP contribution in [0.4, 0.5) is 0 Å².